The van der Waals surface area contributed by atoms with Gasteiger partial charge < -0.3 is 15.5 Å². The second-order valence-corrected chi connectivity index (χ2v) is 4.93. The molecule has 0 aromatic heterocycles. The highest BCUT2D eigenvalue weighted by Gasteiger charge is 2.16. The van der Waals surface area contributed by atoms with Crippen molar-refractivity contribution in [1.82, 2.24) is 15.5 Å². The summed E-state index contributed by atoms with van der Waals surface area (Å²) in [5.41, 5.74) is 0. The Bertz CT molecular complexity index is 208. The molecule has 0 aliphatic carbocycles. The van der Waals surface area contributed by atoms with Crippen LogP contribution in [0, 0.1) is 0 Å². The third-order valence-electron chi connectivity index (χ3n) is 3.19. The van der Waals surface area contributed by atoms with Crippen LogP contribution in [-0.4, -0.2) is 42.2 Å². The fourth-order valence-electron chi connectivity index (χ4n) is 2.20. The lowest BCUT2D eigenvalue weighted by atomic mass is 10.0. The Kier molecular flexibility index (Phi) is 6.73. The molecule has 0 saturated carbocycles. The molecule has 16 heavy (non-hydrogen) atoms. The molecule has 1 rings (SSSR count). The van der Waals surface area contributed by atoms with Gasteiger partial charge in [0.25, 0.3) is 0 Å². The fourth-order valence-corrected chi connectivity index (χ4v) is 2.44. The van der Waals surface area contributed by atoms with Crippen LogP contribution in [0.15, 0.2) is 0 Å². The van der Waals surface area contributed by atoms with Crippen LogP contribution in [0.5, 0.6) is 0 Å². The summed E-state index contributed by atoms with van der Waals surface area (Å²) in [6.07, 6.45) is 5.31. The molecule has 0 aromatic carbocycles. The summed E-state index contributed by atoms with van der Waals surface area (Å²) in [5.74, 6) is 0. The predicted octanol–water partition coefficient (Wildman–Crippen LogP) is 1.73. The van der Waals surface area contributed by atoms with Crippen molar-refractivity contribution >= 4 is 17.3 Å². The lowest BCUT2D eigenvalue weighted by Crippen LogP contribution is -2.40. The van der Waals surface area contributed by atoms with Crippen LogP contribution in [0.25, 0.3) is 0 Å². The van der Waals surface area contributed by atoms with E-state index >= 15 is 0 Å². The molecular formula is C12H25N3S. The van der Waals surface area contributed by atoms with Crippen molar-refractivity contribution < 1.29 is 0 Å². The van der Waals surface area contributed by atoms with E-state index in [0.717, 1.165) is 24.2 Å². The van der Waals surface area contributed by atoms with Gasteiger partial charge in [-0.3, -0.25) is 0 Å². The minimum absolute atomic E-state index is 0.773. The highest BCUT2D eigenvalue weighted by molar-refractivity contribution is 7.80. The van der Waals surface area contributed by atoms with E-state index in [0.29, 0.717) is 0 Å². The molecule has 1 saturated heterocycles. The first-order valence-corrected chi connectivity index (χ1v) is 6.90. The topological polar surface area (TPSA) is 27.3 Å². The van der Waals surface area contributed by atoms with Crippen LogP contribution < -0.4 is 10.6 Å². The van der Waals surface area contributed by atoms with Gasteiger partial charge in [-0.05, 0) is 51.9 Å². The monoisotopic (exact) mass is 243 g/mol. The fraction of sp³-hybridized carbons (Fsp3) is 0.917. The first-order valence-electron chi connectivity index (χ1n) is 6.49. The molecule has 1 aliphatic rings. The second kappa shape index (κ2) is 7.85. The number of nitrogens with zero attached hydrogens (tertiary/aromatic N) is 1. The van der Waals surface area contributed by atoms with Crippen molar-refractivity contribution in [2.24, 2.45) is 0 Å². The Labute approximate surface area is 105 Å². The van der Waals surface area contributed by atoms with Crippen LogP contribution in [-0.2, 0) is 0 Å². The zero-order valence-corrected chi connectivity index (χ0v) is 11.4. The molecule has 1 unspecified atom stereocenters. The van der Waals surface area contributed by atoms with E-state index in [1.54, 1.807) is 0 Å². The molecule has 1 atom stereocenters. The van der Waals surface area contributed by atoms with E-state index in [2.05, 4.69) is 29.4 Å². The van der Waals surface area contributed by atoms with Crippen molar-refractivity contribution in [2.75, 3.05) is 26.2 Å². The summed E-state index contributed by atoms with van der Waals surface area (Å²) in [6, 6.07) is 0.773. The number of hydrogen-bond donors (Lipinski definition) is 2. The van der Waals surface area contributed by atoms with Gasteiger partial charge >= 0.3 is 0 Å². The van der Waals surface area contributed by atoms with E-state index in [1.165, 1.54) is 38.8 Å². The first-order chi connectivity index (χ1) is 7.74. The Hall–Kier alpha value is -0.350. The highest BCUT2D eigenvalue weighted by Crippen LogP contribution is 2.15. The SMILES string of the molecule is CCNC(=S)NCCCN1CCCCC1C. The minimum atomic E-state index is 0.773. The molecular weight excluding hydrogens is 218 g/mol. The number of rotatable bonds is 5. The molecule has 0 amide bonds. The van der Waals surface area contributed by atoms with E-state index in [1.807, 2.05) is 0 Å². The molecule has 0 aromatic rings. The second-order valence-electron chi connectivity index (χ2n) is 4.52. The molecule has 0 radical (unpaired) electrons. The summed E-state index contributed by atoms with van der Waals surface area (Å²) in [5, 5.41) is 7.12. The summed E-state index contributed by atoms with van der Waals surface area (Å²) >= 11 is 5.11. The van der Waals surface area contributed by atoms with E-state index in [4.69, 9.17) is 12.2 Å². The summed E-state index contributed by atoms with van der Waals surface area (Å²) < 4.78 is 0. The van der Waals surface area contributed by atoms with Crippen molar-refractivity contribution in [3.63, 3.8) is 0 Å². The van der Waals surface area contributed by atoms with Gasteiger partial charge in [0, 0.05) is 25.7 Å². The van der Waals surface area contributed by atoms with Gasteiger partial charge in [-0.25, -0.2) is 0 Å². The lowest BCUT2D eigenvalue weighted by Gasteiger charge is -2.33. The molecule has 94 valence electrons. The zero-order chi connectivity index (χ0) is 11.8. The standard InChI is InChI=1S/C12H25N3S/c1-3-13-12(16)14-8-6-10-15-9-5-4-7-11(15)2/h11H,3-10H2,1-2H3,(H2,13,14,16). The van der Waals surface area contributed by atoms with Crippen molar-refractivity contribution in [3.05, 3.63) is 0 Å². The molecule has 2 N–H and O–H groups in total. The van der Waals surface area contributed by atoms with E-state index in [-0.39, 0.29) is 0 Å². The van der Waals surface area contributed by atoms with Gasteiger partial charge in [-0.1, -0.05) is 6.42 Å². The molecule has 1 heterocycles. The van der Waals surface area contributed by atoms with Gasteiger partial charge in [0.15, 0.2) is 5.11 Å². The Morgan fingerprint density at radius 1 is 1.38 bits per heavy atom. The maximum Gasteiger partial charge on any atom is 0.166 e. The van der Waals surface area contributed by atoms with Crippen LogP contribution in [0.1, 0.15) is 39.5 Å². The number of nitrogens with one attached hydrogen (secondary N) is 2. The van der Waals surface area contributed by atoms with Crippen molar-refractivity contribution in [3.8, 4) is 0 Å². The normalized spacial score (nSPS) is 21.8. The number of thiocarbonyl (C=S) groups is 1. The van der Waals surface area contributed by atoms with Crippen LogP contribution in [0.4, 0.5) is 0 Å². The average Bonchev–Trinajstić information content (AvgIpc) is 2.27. The van der Waals surface area contributed by atoms with Crippen LogP contribution in [0.3, 0.4) is 0 Å². The summed E-state index contributed by atoms with van der Waals surface area (Å²) in [4.78, 5) is 2.60. The third-order valence-corrected chi connectivity index (χ3v) is 3.47. The Morgan fingerprint density at radius 3 is 2.88 bits per heavy atom. The van der Waals surface area contributed by atoms with E-state index < -0.39 is 0 Å². The predicted molar refractivity (Wildman–Crippen MR) is 73.8 cm³/mol. The number of piperidine rings is 1. The van der Waals surface area contributed by atoms with Gasteiger partial charge in [-0.15, -0.1) is 0 Å². The maximum absolute atomic E-state index is 5.11. The lowest BCUT2D eigenvalue weighted by molar-refractivity contribution is 0.159. The van der Waals surface area contributed by atoms with Crippen LogP contribution in [0.2, 0.25) is 0 Å². The molecule has 4 heteroatoms. The molecule has 3 nitrogen and oxygen atoms in total. The first kappa shape index (κ1) is 13.7. The molecule has 0 spiro atoms. The third kappa shape index (κ3) is 5.12. The van der Waals surface area contributed by atoms with E-state index in [9.17, 15) is 0 Å². The van der Waals surface area contributed by atoms with Crippen molar-refractivity contribution in [1.29, 1.82) is 0 Å². The van der Waals surface area contributed by atoms with Gasteiger partial charge in [-0.2, -0.15) is 0 Å². The van der Waals surface area contributed by atoms with Crippen LogP contribution >= 0.6 is 12.2 Å². The Balaban J connectivity index is 2.03. The van der Waals surface area contributed by atoms with Gasteiger partial charge in [0.05, 0.1) is 0 Å². The number of likely N-dealkylation sites (tertiary alicyclic amines) is 1. The average molecular weight is 243 g/mol. The molecule has 0 bridgehead atoms. The van der Waals surface area contributed by atoms with Crippen molar-refractivity contribution in [2.45, 2.75) is 45.6 Å². The zero-order valence-electron chi connectivity index (χ0n) is 10.6. The Morgan fingerprint density at radius 2 is 2.19 bits per heavy atom. The summed E-state index contributed by atoms with van der Waals surface area (Å²) in [7, 11) is 0. The maximum atomic E-state index is 5.11. The molecule has 1 fully saturated rings. The van der Waals surface area contributed by atoms with Gasteiger partial charge in [0.2, 0.25) is 0 Å². The largest absolute Gasteiger partial charge is 0.363 e. The summed E-state index contributed by atoms with van der Waals surface area (Å²) in [6.45, 7) is 8.75. The minimum Gasteiger partial charge on any atom is -0.363 e. The van der Waals surface area contributed by atoms with Gasteiger partial charge in [0.1, 0.15) is 0 Å². The smallest absolute Gasteiger partial charge is 0.166 e. The quantitative estimate of drug-likeness (QED) is 0.568. The molecule has 1 aliphatic heterocycles. The highest BCUT2D eigenvalue weighted by atomic mass is 32.1. The number of hydrogen-bond acceptors (Lipinski definition) is 2.